The van der Waals surface area contributed by atoms with E-state index in [9.17, 15) is 0 Å². The molecule has 0 bridgehead atoms. The molecule has 1 aromatic carbocycles. The lowest BCUT2D eigenvalue weighted by Crippen LogP contribution is -2.51. The van der Waals surface area contributed by atoms with Crippen LogP contribution in [0.4, 0.5) is 0 Å². The van der Waals surface area contributed by atoms with Crippen LogP contribution in [-0.4, -0.2) is 47.6 Å². The summed E-state index contributed by atoms with van der Waals surface area (Å²) >= 11 is 1.71. The zero-order chi connectivity index (χ0) is 19.8. The summed E-state index contributed by atoms with van der Waals surface area (Å²) in [6, 6.07) is 11.8. The molecule has 152 valence electrons. The molecule has 1 saturated heterocycles. The number of piperidine rings is 1. The monoisotopic (exact) mass is 399 g/mol. The van der Waals surface area contributed by atoms with E-state index >= 15 is 0 Å². The van der Waals surface area contributed by atoms with Gasteiger partial charge in [0.25, 0.3) is 0 Å². The third-order valence-electron chi connectivity index (χ3n) is 5.23. The van der Waals surface area contributed by atoms with Crippen molar-refractivity contribution in [3.05, 3.63) is 52.0 Å². The third kappa shape index (κ3) is 6.31. The first-order chi connectivity index (χ1) is 13.6. The molecule has 2 atom stereocenters. The minimum atomic E-state index is 0.473. The Balaban J connectivity index is 1.49. The highest BCUT2D eigenvalue weighted by molar-refractivity contribution is 7.09. The van der Waals surface area contributed by atoms with E-state index in [0.717, 1.165) is 62.1 Å². The van der Waals surface area contributed by atoms with Crippen molar-refractivity contribution in [1.82, 2.24) is 20.5 Å². The molecule has 2 aromatic rings. The van der Waals surface area contributed by atoms with E-state index in [0.29, 0.717) is 12.1 Å². The Hall–Kier alpha value is -1.92. The molecule has 28 heavy (non-hydrogen) atoms. The van der Waals surface area contributed by atoms with Crippen LogP contribution in [0.25, 0.3) is 0 Å². The molecule has 0 saturated carbocycles. The number of benzene rings is 1. The molecule has 0 radical (unpaired) electrons. The quantitative estimate of drug-likeness (QED) is 0.552. The van der Waals surface area contributed by atoms with Crippen molar-refractivity contribution in [2.24, 2.45) is 4.99 Å². The number of hydrogen-bond acceptors (Lipinski definition) is 4. The fraction of sp³-hybridized carbons (Fsp3) is 0.545. The average Bonchev–Trinajstić information content (AvgIpc) is 3.10. The highest BCUT2D eigenvalue weighted by Gasteiger charge is 2.25. The van der Waals surface area contributed by atoms with Crippen LogP contribution in [0.15, 0.2) is 40.7 Å². The Labute approximate surface area is 173 Å². The van der Waals surface area contributed by atoms with Crippen LogP contribution in [0.3, 0.4) is 0 Å². The maximum Gasteiger partial charge on any atom is 0.191 e. The summed E-state index contributed by atoms with van der Waals surface area (Å²) < 4.78 is 0. The van der Waals surface area contributed by atoms with Crippen molar-refractivity contribution in [3.8, 4) is 0 Å². The maximum atomic E-state index is 4.77. The van der Waals surface area contributed by atoms with Gasteiger partial charge in [0.15, 0.2) is 5.96 Å². The zero-order valence-electron chi connectivity index (χ0n) is 17.3. The number of aryl methyl sites for hydroxylation is 1. The average molecular weight is 400 g/mol. The molecule has 5 nitrogen and oxygen atoms in total. The molecule has 1 aliphatic heterocycles. The first-order valence-electron chi connectivity index (χ1n) is 10.4. The van der Waals surface area contributed by atoms with Crippen LogP contribution >= 0.6 is 11.3 Å². The number of aliphatic imine (C=N–C) groups is 1. The first kappa shape index (κ1) is 20.8. The second-order valence-corrected chi connectivity index (χ2v) is 8.60. The van der Waals surface area contributed by atoms with Gasteiger partial charge in [0.2, 0.25) is 0 Å². The molecule has 2 N–H and O–H groups in total. The second kappa shape index (κ2) is 10.6. The molecule has 3 rings (SSSR count). The Morgan fingerprint density at radius 2 is 2.14 bits per heavy atom. The van der Waals surface area contributed by atoms with E-state index in [1.165, 1.54) is 5.56 Å². The smallest absolute Gasteiger partial charge is 0.191 e. The summed E-state index contributed by atoms with van der Waals surface area (Å²) in [6.45, 7) is 10.3. The molecule has 1 fully saturated rings. The van der Waals surface area contributed by atoms with Gasteiger partial charge < -0.3 is 10.6 Å². The number of rotatable bonds is 7. The van der Waals surface area contributed by atoms with Crippen molar-refractivity contribution < 1.29 is 0 Å². The largest absolute Gasteiger partial charge is 0.357 e. The van der Waals surface area contributed by atoms with Crippen LogP contribution in [0.2, 0.25) is 0 Å². The van der Waals surface area contributed by atoms with Gasteiger partial charge in [0.05, 0.1) is 10.7 Å². The van der Waals surface area contributed by atoms with Gasteiger partial charge >= 0.3 is 0 Å². The molecule has 0 aliphatic carbocycles. The predicted molar refractivity (Wildman–Crippen MR) is 119 cm³/mol. The van der Waals surface area contributed by atoms with E-state index in [1.807, 2.05) is 6.92 Å². The molecule has 2 unspecified atom stereocenters. The van der Waals surface area contributed by atoms with Gasteiger partial charge in [-0.15, -0.1) is 11.3 Å². The van der Waals surface area contributed by atoms with Gasteiger partial charge in [0.1, 0.15) is 0 Å². The summed E-state index contributed by atoms with van der Waals surface area (Å²) in [5.41, 5.74) is 2.54. The summed E-state index contributed by atoms with van der Waals surface area (Å²) in [5.74, 6) is 0.933. The van der Waals surface area contributed by atoms with Gasteiger partial charge in [-0.1, -0.05) is 30.3 Å². The summed E-state index contributed by atoms with van der Waals surface area (Å²) in [6.07, 6.45) is 3.18. The van der Waals surface area contributed by atoms with Crippen LogP contribution in [0.1, 0.15) is 43.0 Å². The number of likely N-dealkylation sites (tertiary alicyclic amines) is 1. The SMILES string of the molecule is CCNC(=NCCc1csc(C)n1)NC1CCN(Cc2ccccc2)C(C)C1. The van der Waals surface area contributed by atoms with Crippen LogP contribution in [0.5, 0.6) is 0 Å². The number of thiazole rings is 1. The Morgan fingerprint density at radius 3 is 2.82 bits per heavy atom. The van der Waals surface area contributed by atoms with Gasteiger partial charge in [-0.25, -0.2) is 4.98 Å². The predicted octanol–water partition coefficient (Wildman–Crippen LogP) is 3.60. The van der Waals surface area contributed by atoms with Crippen LogP contribution < -0.4 is 10.6 Å². The minimum absolute atomic E-state index is 0.473. The number of guanidine groups is 1. The minimum Gasteiger partial charge on any atom is -0.357 e. The molecule has 1 aromatic heterocycles. The molecule has 6 heteroatoms. The second-order valence-electron chi connectivity index (χ2n) is 7.54. The third-order valence-corrected chi connectivity index (χ3v) is 6.05. The molecule has 2 heterocycles. The van der Waals surface area contributed by atoms with E-state index in [1.54, 1.807) is 11.3 Å². The summed E-state index contributed by atoms with van der Waals surface area (Å²) in [7, 11) is 0. The Morgan fingerprint density at radius 1 is 1.32 bits per heavy atom. The van der Waals surface area contributed by atoms with Crippen molar-refractivity contribution in [2.45, 2.75) is 58.7 Å². The number of nitrogens with zero attached hydrogens (tertiary/aromatic N) is 3. The van der Waals surface area contributed by atoms with Gasteiger partial charge in [-0.2, -0.15) is 0 Å². The van der Waals surface area contributed by atoms with E-state index in [4.69, 9.17) is 4.99 Å². The Kier molecular flexibility index (Phi) is 7.86. The van der Waals surface area contributed by atoms with Gasteiger partial charge in [0, 0.05) is 50.1 Å². The molecular formula is C22H33N5S. The number of nitrogens with one attached hydrogen (secondary N) is 2. The van der Waals surface area contributed by atoms with Crippen molar-refractivity contribution >= 4 is 17.3 Å². The summed E-state index contributed by atoms with van der Waals surface area (Å²) in [5, 5.41) is 10.3. The fourth-order valence-corrected chi connectivity index (χ4v) is 4.37. The van der Waals surface area contributed by atoms with E-state index in [-0.39, 0.29) is 0 Å². The molecule has 0 amide bonds. The van der Waals surface area contributed by atoms with Crippen LogP contribution in [0, 0.1) is 6.92 Å². The lowest BCUT2D eigenvalue weighted by atomic mass is 9.97. The Bertz CT molecular complexity index is 742. The molecule has 1 aliphatic rings. The maximum absolute atomic E-state index is 4.77. The highest BCUT2D eigenvalue weighted by atomic mass is 32.1. The summed E-state index contributed by atoms with van der Waals surface area (Å²) in [4.78, 5) is 11.9. The van der Waals surface area contributed by atoms with Crippen molar-refractivity contribution in [1.29, 1.82) is 0 Å². The van der Waals surface area contributed by atoms with E-state index < -0.39 is 0 Å². The molecule has 0 spiro atoms. The fourth-order valence-electron chi connectivity index (χ4n) is 3.72. The zero-order valence-corrected chi connectivity index (χ0v) is 18.1. The van der Waals surface area contributed by atoms with Crippen LogP contribution in [-0.2, 0) is 13.0 Å². The lowest BCUT2D eigenvalue weighted by Gasteiger charge is -2.38. The molecular weight excluding hydrogens is 366 g/mol. The standard InChI is InChI=1S/C22H33N5S/c1-4-23-22(24-12-10-21-16-28-18(3)25-21)26-20-11-13-27(17(2)14-20)15-19-8-6-5-7-9-19/h5-9,16-17,20H,4,10-15H2,1-3H3,(H2,23,24,26). The number of aromatic nitrogens is 1. The topological polar surface area (TPSA) is 52.6 Å². The van der Waals surface area contributed by atoms with E-state index in [2.05, 4.69) is 70.1 Å². The van der Waals surface area contributed by atoms with Crippen molar-refractivity contribution in [2.75, 3.05) is 19.6 Å². The first-order valence-corrected chi connectivity index (χ1v) is 11.3. The number of hydrogen-bond donors (Lipinski definition) is 2. The normalized spacial score (nSPS) is 20.9. The van der Waals surface area contributed by atoms with Gasteiger partial charge in [-0.3, -0.25) is 9.89 Å². The lowest BCUT2D eigenvalue weighted by molar-refractivity contribution is 0.134. The van der Waals surface area contributed by atoms with Crippen molar-refractivity contribution in [3.63, 3.8) is 0 Å². The highest BCUT2D eigenvalue weighted by Crippen LogP contribution is 2.20. The van der Waals surface area contributed by atoms with Gasteiger partial charge in [-0.05, 0) is 39.2 Å².